The maximum Gasteiger partial charge on any atom is 0.319 e. The fourth-order valence-corrected chi connectivity index (χ4v) is 2.55. The summed E-state index contributed by atoms with van der Waals surface area (Å²) < 4.78 is 0. The zero-order chi connectivity index (χ0) is 15.3. The molecule has 0 aliphatic carbocycles. The average molecular weight is 295 g/mol. The van der Waals surface area contributed by atoms with E-state index in [-0.39, 0.29) is 24.1 Å². The second-order valence-corrected chi connectivity index (χ2v) is 6.78. The Morgan fingerprint density at radius 1 is 1.55 bits per heavy atom. The van der Waals surface area contributed by atoms with Crippen LogP contribution in [0.4, 0.5) is 10.5 Å². The molecule has 2 amide bonds. The SMILES string of the molecule is C[C@@H](CCO)NC(=O)Nc1cc(C(C)(C)C)sc1C#N. The van der Waals surface area contributed by atoms with E-state index >= 15 is 0 Å². The monoisotopic (exact) mass is 295 g/mol. The smallest absolute Gasteiger partial charge is 0.319 e. The molecule has 6 heteroatoms. The number of rotatable bonds is 4. The van der Waals surface area contributed by atoms with Crippen molar-refractivity contribution in [3.8, 4) is 6.07 Å². The van der Waals surface area contributed by atoms with Gasteiger partial charge >= 0.3 is 6.03 Å². The zero-order valence-electron chi connectivity index (χ0n) is 12.3. The first-order chi connectivity index (χ1) is 9.27. The maximum atomic E-state index is 11.8. The van der Waals surface area contributed by atoms with E-state index in [2.05, 4.69) is 37.5 Å². The maximum absolute atomic E-state index is 11.8. The summed E-state index contributed by atoms with van der Waals surface area (Å²) in [6.45, 7) is 8.03. The summed E-state index contributed by atoms with van der Waals surface area (Å²) in [5, 5.41) is 23.3. The average Bonchev–Trinajstić information content (AvgIpc) is 2.71. The van der Waals surface area contributed by atoms with Crippen molar-refractivity contribution in [2.24, 2.45) is 0 Å². The van der Waals surface area contributed by atoms with Gasteiger partial charge in [-0.1, -0.05) is 20.8 Å². The van der Waals surface area contributed by atoms with Crippen LogP contribution in [-0.2, 0) is 5.41 Å². The van der Waals surface area contributed by atoms with Crippen LogP contribution in [0, 0.1) is 11.3 Å². The number of nitriles is 1. The second kappa shape index (κ2) is 6.73. The summed E-state index contributed by atoms with van der Waals surface area (Å²) >= 11 is 1.39. The van der Waals surface area contributed by atoms with Gasteiger partial charge in [0, 0.05) is 17.5 Å². The number of nitrogens with one attached hydrogen (secondary N) is 2. The van der Waals surface area contributed by atoms with Crippen molar-refractivity contribution in [2.45, 2.75) is 45.6 Å². The number of anilines is 1. The number of hydrogen-bond acceptors (Lipinski definition) is 4. The van der Waals surface area contributed by atoms with Crippen molar-refractivity contribution >= 4 is 23.1 Å². The third kappa shape index (κ3) is 4.51. The number of urea groups is 1. The molecule has 3 N–H and O–H groups in total. The van der Waals surface area contributed by atoms with Gasteiger partial charge in [0.25, 0.3) is 0 Å². The summed E-state index contributed by atoms with van der Waals surface area (Å²) in [5.74, 6) is 0. The number of amides is 2. The lowest BCUT2D eigenvalue weighted by molar-refractivity contribution is 0.241. The highest BCUT2D eigenvalue weighted by molar-refractivity contribution is 7.13. The molecule has 0 spiro atoms. The fourth-order valence-electron chi connectivity index (χ4n) is 1.58. The van der Waals surface area contributed by atoms with E-state index in [1.807, 2.05) is 13.0 Å². The number of nitrogens with zero attached hydrogens (tertiary/aromatic N) is 1. The largest absolute Gasteiger partial charge is 0.396 e. The van der Waals surface area contributed by atoms with E-state index in [0.717, 1.165) is 4.88 Å². The van der Waals surface area contributed by atoms with Gasteiger partial charge in [-0.3, -0.25) is 0 Å². The van der Waals surface area contributed by atoms with Gasteiger partial charge in [0.1, 0.15) is 10.9 Å². The minimum atomic E-state index is -0.360. The minimum Gasteiger partial charge on any atom is -0.396 e. The van der Waals surface area contributed by atoms with Crippen LogP contribution < -0.4 is 10.6 Å². The van der Waals surface area contributed by atoms with Crippen molar-refractivity contribution in [3.05, 3.63) is 15.8 Å². The van der Waals surface area contributed by atoms with E-state index in [0.29, 0.717) is 17.0 Å². The molecule has 1 rings (SSSR count). The van der Waals surface area contributed by atoms with Gasteiger partial charge in [-0.2, -0.15) is 5.26 Å². The summed E-state index contributed by atoms with van der Waals surface area (Å²) in [6.07, 6.45) is 0.495. The summed E-state index contributed by atoms with van der Waals surface area (Å²) in [4.78, 5) is 13.4. The van der Waals surface area contributed by atoms with Crippen molar-refractivity contribution < 1.29 is 9.90 Å². The lowest BCUT2D eigenvalue weighted by atomic mass is 9.94. The predicted octanol–water partition coefficient (Wildman–Crippen LogP) is 2.81. The molecule has 5 nitrogen and oxygen atoms in total. The quantitative estimate of drug-likeness (QED) is 0.798. The Morgan fingerprint density at radius 2 is 2.20 bits per heavy atom. The van der Waals surface area contributed by atoms with Crippen molar-refractivity contribution in [2.75, 3.05) is 11.9 Å². The van der Waals surface area contributed by atoms with Crippen LogP contribution in [0.3, 0.4) is 0 Å². The van der Waals surface area contributed by atoms with Crippen LogP contribution in [0.2, 0.25) is 0 Å². The number of hydrogen-bond donors (Lipinski definition) is 3. The molecule has 1 heterocycles. The molecule has 0 saturated heterocycles. The number of carbonyl (C=O) groups excluding carboxylic acids is 1. The molecule has 0 unspecified atom stereocenters. The van der Waals surface area contributed by atoms with Crippen LogP contribution in [-0.4, -0.2) is 23.8 Å². The van der Waals surface area contributed by atoms with E-state index in [1.165, 1.54) is 11.3 Å². The van der Waals surface area contributed by atoms with E-state index < -0.39 is 0 Å². The second-order valence-electron chi connectivity index (χ2n) is 5.73. The van der Waals surface area contributed by atoms with Crippen LogP contribution in [0.1, 0.15) is 43.9 Å². The predicted molar refractivity (Wildman–Crippen MR) is 81.1 cm³/mol. The van der Waals surface area contributed by atoms with Gasteiger partial charge in [-0.25, -0.2) is 4.79 Å². The van der Waals surface area contributed by atoms with Crippen molar-refractivity contribution in [3.63, 3.8) is 0 Å². The molecule has 0 aliphatic rings. The summed E-state index contributed by atoms with van der Waals surface area (Å²) in [7, 11) is 0. The summed E-state index contributed by atoms with van der Waals surface area (Å²) in [5.41, 5.74) is 0.479. The van der Waals surface area contributed by atoms with Gasteiger partial charge in [-0.15, -0.1) is 11.3 Å². The van der Waals surface area contributed by atoms with E-state index in [9.17, 15) is 4.79 Å². The highest BCUT2D eigenvalue weighted by Gasteiger charge is 2.20. The molecule has 1 atom stereocenters. The van der Waals surface area contributed by atoms with Gasteiger partial charge in [-0.05, 0) is 24.8 Å². The summed E-state index contributed by atoms with van der Waals surface area (Å²) in [6, 6.07) is 3.48. The number of thiophene rings is 1. The molecular weight excluding hydrogens is 274 g/mol. The zero-order valence-corrected chi connectivity index (χ0v) is 13.1. The number of aliphatic hydroxyl groups excluding tert-OH is 1. The minimum absolute atomic E-state index is 0.0253. The Labute approximate surface area is 123 Å². The molecular formula is C14H21N3O2S. The highest BCUT2D eigenvalue weighted by atomic mass is 32.1. The third-order valence-electron chi connectivity index (χ3n) is 2.76. The molecule has 0 saturated carbocycles. The Bertz CT molecular complexity index is 511. The van der Waals surface area contributed by atoms with E-state index in [1.54, 1.807) is 0 Å². The molecule has 1 aromatic rings. The molecule has 20 heavy (non-hydrogen) atoms. The molecule has 1 aromatic heterocycles. The number of carbonyl (C=O) groups is 1. The van der Waals surface area contributed by atoms with Crippen LogP contribution in [0.15, 0.2) is 6.07 Å². The molecule has 0 radical (unpaired) electrons. The third-order valence-corrected chi connectivity index (χ3v) is 4.23. The highest BCUT2D eigenvalue weighted by Crippen LogP contribution is 2.34. The molecule has 0 fully saturated rings. The topological polar surface area (TPSA) is 85.2 Å². The molecule has 110 valence electrons. The van der Waals surface area contributed by atoms with Crippen LogP contribution >= 0.6 is 11.3 Å². The first-order valence-electron chi connectivity index (χ1n) is 6.50. The lowest BCUT2D eigenvalue weighted by Crippen LogP contribution is -2.36. The Kier molecular flexibility index (Phi) is 5.54. The molecule has 0 aliphatic heterocycles. The lowest BCUT2D eigenvalue weighted by Gasteiger charge is -2.15. The molecule has 0 aromatic carbocycles. The van der Waals surface area contributed by atoms with Gasteiger partial charge in [0.15, 0.2) is 0 Å². The van der Waals surface area contributed by atoms with Crippen LogP contribution in [0.5, 0.6) is 0 Å². The first-order valence-corrected chi connectivity index (χ1v) is 7.32. The van der Waals surface area contributed by atoms with Crippen molar-refractivity contribution in [1.29, 1.82) is 5.26 Å². The normalized spacial score (nSPS) is 12.6. The van der Waals surface area contributed by atoms with Gasteiger partial charge in [0.2, 0.25) is 0 Å². The number of aliphatic hydroxyl groups is 1. The first kappa shape index (κ1) is 16.5. The fraction of sp³-hybridized carbons (Fsp3) is 0.571. The van der Waals surface area contributed by atoms with Gasteiger partial charge < -0.3 is 15.7 Å². The Morgan fingerprint density at radius 3 is 2.70 bits per heavy atom. The van der Waals surface area contributed by atoms with E-state index in [4.69, 9.17) is 10.4 Å². The van der Waals surface area contributed by atoms with Gasteiger partial charge in [0.05, 0.1) is 5.69 Å². The van der Waals surface area contributed by atoms with Crippen LogP contribution in [0.25, 0.3) is 0 Å². The Hall–Kier alpha value is -1.58. The standard InChI is InChI=1S/C14H21N3O2S/c1-9(5-6-18)16-13(19)17-10-7-12(14(2,3)4)20-11(10)8-15/h7,9,18H,5-6H2,1-4H3,(H2,16,17,19)/t9-/m0/s1. The van der Waals surface area contributed by atoms with Crippen molar-refractivity contribution in [1.82, 2.24) is 5.32 Å². The Balaban J connectivity index is 2.80. The molecule has 0 bridgehead atoms.